The molecule has 0 saturated carbocycles. The zero-order valence-electron chi connectivity index (χ0n) is 9.98. The molecule has 18 heavy (non-hydrogen) atoms. The zero-order chi connectivity index (χ0) is 12.5. The molecule has 0 saturated heterocycles. The van der Waals surface area contributed by atoms with Gasteiger partial charge in [-0.3, -0.25) is 4.68 Å². The van der Waals surface area contributed by atoms with E-state index in [1.54, 1.807) is 22.6 Å². The first-order valence-electron chi connectivity index (χ1n) is 5.74. The highest BCUT2D eigenvalue weighted by molar-refractivity contribution is 7.99. The van der Waals surface area contributed by atoms with Crippen molar-refractivity contribution in [3.8, 4) is 5.75 Å². The maximum Gasteiger partial charge on any atom is 0.133 e. The molecule has 3 rings (SSSR count). The minimum absolute atomic E-state index is 0.0536. The van der Waals surface area contributed by atoms with Gasteiger partial charge in [-0.1, -0.05) is 17.3 Å². The lowest BCUT2D eigenvalue weighted by molar-refractivity contribution is 0.181. The van der Waals surface area contributed by atoms with Gasteiger partial charge in [0.15, 0.2) is 0 Å². The van der Waals surface area contributed by atoms with Gasteiger partial charge in [0, 0.05) is 17.7 Å². The molecule has 0 amide bonds. The molecular formula is C12H14N4OS. The summed E-state index contributed by atoms with van der Waals surface area (Å²) in [6, 6.07) is 7.81. The molecular weight excluding hydrogens is 248 g/mol. The number of benzene rings is 1. The number of rotatable bonds is 2. The molecule has 0 aliphatic carbocycles. The highest BCUT2D eigenvalue weighted by Gasteiger charge is 2.28. The predicted octanol–water partition coefficient (Wildman–Crippen LogP) is 1.37. The molecule has 2 heterocycles. The van der Waals surface area contributed by atoms with E-state index in [-0.39, 0.29) is 12.1 Å². The van der Waals surface area contributed by atoms with Crippen molar-refractivity contribution in [2.24, 2.45) is 12.8 Å². The second-order valence-electron chi connectivity index (χ2n) is 4.22. The van der Waals surface area contributed by atoms with E-state index >= 15 is 0 Å². The Balaban J connectivity index is 1.82. The second-order valence-corrected chi connectivity index (χ2v) is 5.28. The van der Waals surface area contributed by atoms with Crippen molar-refractivity contribution in [3.63, 3.8) is 0 Å². The Morgan fingerprint density at radius 1 is 1.50 bits per heavy atom. The van der Waals surface area contributed by atoms with Crippen LogP contribution >= 0.6 is 11.8 Å². The molecule has 5 nitrogen and oxygen atoms in total. The van der Waals surface area contributed by atoms with E-state index in [2.05, 4.69) is 16.4 Å². The molecule has 2 N–H and O–H groups in total. The van der Waals surface area contributed by atoms with Crippen LogP contribution in [0.25, 0.3) is 0 Å². The van der Waals surface area contributed by atoms with Crippen LogP contribution in [-0.4, -0.2) is 26.9 Å². The number of para-hydroxylation sites is 1. The second kappa shape index (κ2) is 4.62. The first-order chi connectivity index (χ1) is 8.75. The van der Waals surface area contributed by atoms with Gasteiger partial charge in [0.05, 0.1) is 17.9 Å². The van der Waals surface area contributed by atoms with Crippen molar-refractivity contribution in [2.45, 2.75) is 17.0 Å². The maximum absolute atomic E-state index is 6.23. The molecule has 1 aromatic heterocycles. The van der Waals surface area contributed by atoms with E-state index in [0.717, 1.165) is 17.2 Å². The third-order valence-electron chi connectivity index (χ3n) is 3.02. The maximum atomic E-state index is 6.23. The normalized spacial score (nSPS) is 20.0. The Labute approximate surface area is 109 Å². The van der Waals surface area contributed by atoms with Crippen LogP contribution in [0.4, 0.5) is 0 Å². The molecule has 0 spiro atoms. The predicted molar refractivity (Wildman–Crippen MR) is 69.5 cm³/mol. The topological polar surface area (TPSA) is 66.0 Å². The summed E-state index contributed by atoms with van der Waals surface area (Å²) in [7, 11) is 1.84. The lowest BCUT2D eigenvalue weighted by atomic mass is 10.1. The summed E-state index contributed by atoms with van der Waals surface area (Å²) in [5, 5.41) is 7.75. The Morgan fingerprint density at radius 2 is 2.33 bits per heavy atom. The molecule has 1 aliphatic heterocycles. The number of aromatic nitrogens is 3. The summed E-state index contributed by atoms with van der Waals surface area (Å²) in [5.41, 5.74) is 7.12. The van der Waals surface area contributed by atoms with E-state index < -0.39 is 0 Å². The SMILES string of the molecule is Cn1nncc1C(N)C1CSc2ccccc2O1. The van der Waals surface area contributed by atoms with Gasteiger partial charge in [0.1, 0.15) is 11.9 Å². The van der Waals surface area contributed by atoms with Crippen molar-refractivity contribution in [2.75, 3.05) is 5.75 Å². The fourth-order valence-corrected chi connectivity index (χ4v) is 3.06. The molecule has 1 aliphatic rings. The smallest absolute Gasteiger partial charge is 0.133 e. The van der Waals surface area contributed by atoms with Crippen LogP contribution < -0.4 is 10.5 Å². The molecule has 0 bridgehead atoms. The number of nitrogens with zero attached hydrogens (tertiary/aromatic N) is 3. The van der Waals surface area contributed by atoms with Crippen LogP contribution in [0.15, 0.2) is 35.4 Å². The number of ether oxygens (including phenoxy) is 1. The van der Waals surface area contributed by atoms with Crippen molar-refractivity contribution < 1.29 is 4.74 Å². The molecule has 2 atom stereocenters. The van der Waals surface area contributed by atoms with Gasteiger partial charge in [-0.15, -0.1) is 16.9 Å². The fourth-order valence-electron chi connectivity index (χ4n) is 2.00. The number of fused-ring (bicyclic) bond motifs is 1. The number of thioether (sulfide) groups is 1. The van der Waals surface area contributed by atoms with Crippen LogP contribution in [0.1, 0.15) is 11.7 Å². The molecule has 2 aromatic rings. The van der Waals surface area contributed by atoms with Gasteiger partial charge in [-0.05, 0) is 12.1 Å². The third-order valence-corrected chi connectivity index (χ3v) is 4.17. The fraction of sp³-hybridized carbons (Fsp3) is 0.333. The van der Waals surface area contributed by atoms with E-state index in [1.165, 1.54) is 4.90 Å². The molecule has 2 unspecified atom stereocenters. The summed E-state index contributed by atoms with van der Waals surface area (Å²) in [6.45, 7) is 0. The highest BCUT2D eigenvalue weighted by Crippen LogP contribution is 2.37. The number of aryl methyl sites for hydroxylation is 1. The summed E-state index contributed by atoms with van der Waals surface area (Å²) in [6.07, 6.45) is 1.64. The molecule has 6 heteroatoms. The van der Waals surface area contributed by atoms with Gasteiger partial charge in [-0.2, -0.15) is 0 Å². The first-order valence-corrected chi connectivity index (χ1v) is 6.73. The molecule has 1 aromatic carbocycles. The Bertz CT molecular complexity index is 557. The van der Waals surface area contributed by atoms with Crippen molar-refractivity contribution >= 4 is 11.8 Å². The number of nitrogens with two attached hydrogens (primary N) is 1. The largest absolute Gasteiger partial charge is 0.486 e. The van der Waals surface area contributed by atoms with E-state index in [9.17, 15) is 0 Å². The monoisotopic (exact) mass is 262 g/mol. The summed E-state index contributed by atoms with van der Waals surface area (Å²) < 4.78 is 7.65. The average Bonchev–Trinajstić information content (AvgIpc) is 2.83. The average molecular weight is 262 g/mol. The van der Waals surface area contributed by atoms with E-state index in [4.69, 9.17) is 10.5 Å². The van der Waals surface area contributed by atoms with Gasteiger partial charge in [0.25, 0.3) is 0 Å². The zero-order valence-corrected chi connectivity index (χ0v) is 10.8. The Morgan fingerprint density at radius 3 is 3.11 bits per heavy atom. The summed E-state index contributed by atoms with van der Waals surface area (Å²) >= 11 is 1.77. The lowest BCUT2D eigenvalue weighted by Crippen LogP contribution is -2.36. The Kier molecular flexibility index (Phi) is 2.97. The lowest BCUT2D eigenvalue weighted by Gasteiger charge is -2.29. The number of hydrogen-bond acceptors (Lipinski definition) is 5. The van der Waals surface area contributed by atoms with Crippen molar-refractivity contribution in [1.82, 2.24) is 15.0 Å². The van der Waals surface area contributed by atoms with Crippen LogP contribution in [0.3, 0.4) is 0 Å². The minimum Gasteiger partial charge on any atom is -0.486 e. The van der Waals surface area contributed by atoms with Gasteiger partial charge < -0.3 is 10.5 Å². The van der Waals surface area contributed by atoms with E-state index in [0.29, 0.717) is 0 Å². The van der Waals surface area contributed by atoms with Gasteiger partial charge in [0.2, 0.25) is 0 Å². The van der Waals surface area contributed by atoms with Crippen LogP contribution in [0.2, 0.25) is 0 Å². The Hall–Kier alpha value is -1.53. The van der Waals surface area contributed by atoms with Crippen molar-refractivity contribution in [1.29, 1.82) is 0 Å². The summed E-state index contributed by atoms with van der Waals surface area (Å²) in [4.78, 5) is 1.17. The first kappa shape index (κ1) is 11.6. The quantitative estimate of drug-likeness (QED) is 0.885. The van der Waals surface area contributed by atoms with Crippen LogP contribution in [-0.2, 0) is 7.05 Å². The molecule has 94 valence electrons. The van der Waals surface area contributed by atoms with Crippen LogP contribution in [0, 0.1) is 0 Å². The van der Waals surface area contributed by atoms with Gasteiger partial charge in [-0.25, -0.2) is 0 Å². The highest BCUT2D eigenvalue weighted by atomic mass is 32.2. The van der Waals surface area contributed by atoms with Crippen molar-refractivity contribution in [3.05, 3.63) is 36.2 Å². The molecule has 0 radical (unpaired) electrons. The standard InChI is InChI=1S/C12H14N4OS/c1-16-8(6-14-15-16)12(13)10-7-18-11-5-3-2-4-9(11)17-10/h2-6,10,12H,7,13H2,1H3. The van der Waals surface area contributed by atoms with E-state index in [1.807, 2.05) is 25.2 Å². The van der Waals surface area contributed by atoms with Gasteiger partial charge >= 0.3 is 0 Å². The third kappa shape index (κ3) is 1.97. The summed E-state index contributed by atoms with van der Waals surface area (Å²) in [5.74, 6) is 1.74. The number of hydrogen-bond donors (Lipinski definition) is 1. The van der Waals surface area contributed by atoms with Crippen LogP contribution in [0.5, 0.6) is 5.75 Å². The molecule has 0 fully saturated rings. The minimum atomic E-state index is -0.217.